The van der Waals surface area contributed by atoms with E-state index in [9.17, 15) is 0 Å². The van der Waals surface area contributed by atoms with Gasteiger partial charge in [0.2, 0.25) is 5.88 Å². The number of aromatic nitrogens is 2. The topological polar surface area (TPSA) is 64.3 Å². The zero-order chi connectivity index (χ0) is 13.9. The monoisotopic (exact) mass is 276 g/mol. The molecule has 2 unspecified atom stereocenters. The number of nitrogen functional groups attached to an aromatic ring is 1. The van der Waals surface area contributed by atoms with E-state index in [1.165, 1.54) is 32.1 Å². The van der Waals surface area contributed by atoms with Crippen molar-refractivity contribution in [3.8, 4) is 5.88 Å². The molecule has 0 aromatic carbocycles. The lowest BCUT2D eigenvalue weighted by Gasteiger charge is -2.32. The second-order valence-corrected chi connectivity index (χ2v) is 5.86. The van der Waals surface area contributed by atoms with Crippen molar-refractivity contribution in [1.29, 1.82) is 0 Å². The van der Waals surface area contributed by atoms with E-state index in [1.807, 2.05) is 0 Å². The minimum absolute atomic E-state index is 0.538. The van der Waals surface area contributed by atoms with Crippen LogP contribution in [0.3, 0.4) is 0 Å². The van der Waals surface area contributed by atoms with Crippen LogP contribution < -0.4 is 15.4 Å². The molecule has 1 aromatic rings. The van der Waals surface area contributed by atoms with Crippen LogP contribution in [0.5, 0.6) is 5.88 Å². The third-order valence-corrected chi connectivity index (χ3v) is 4.55. The number of hydrogen-bond acceptors (Lipinski definition) is 5. The standard InChI is InChI=1S/C15H24N4O/c1-2-9-20-15-13(16)14(17-10-18-15)19-8-7-11-5-3-4-6-12(11)19/h10-12H,2-9,16H2,1H3. The third kappa shape index (κ3) is 2.41. The number of nitrogens with zero attached hydrogens (tertiary/aromatic N) is 3. The Balaban J connectivity index is 1.82. The zero-order valence-corrected chi connectivity index (χ0v) is 12.2. The molecule has 0 spiro atoms. The first-order valence-corrected chi connectivity index (χ1v) is 7.81. The van der Waals surface area contributed by atoms with Gasteiger partial charge in [0.1, 0.15) is 12.0 Å². The molecule has 20 heavy (non-hydrogen) atoms. The first-order valence-electron chi connectivity index (χ1n) is 7.81. The number of ether oxygens (including phenoxy) is 1. The van der Waals surface area contributed by atoms with Gasteiger partial charge in [-0.15, -0.1) is 0 Å². The molecule has 2 N–H and O–H groups in total. The molecule has 1 aliphatic heterocycles. The number of fused-ring (bicyclic) bond motifs is 1. The van der Waals surface area contributed by atoms with Crippen LogP contribution in [-0.2, 0) is 0 Å². The Bertz CT molecular complexity index is 465. The maximum atomic E-state index is 6.23. The normalized spacial score (nSPS) is 25.6. The van der Waals surface area contributed by atoms with Gasteiger partial charge in [0.25, 0.3) is 0 Å². The molecule has 1 aliphatic carbocycles. The second-order valence-electron chi connectivity index (χ2n) is 5.86. The van der Waals surface area contributed by atoms with Crippen molar-refractivity contribution in [2.24, 2.45) is 5.92 Å². The molecule has 1 aromatic heterocycles. The van der Waals surface area contributed by atoms with Crippen molar-refractivity contribution in [3.63, 3.8) is 0 Å². The summed E-state index contributed by atoms with van der Waals surface area (Å²) in [6.07, 6.45) is 9.10. The maximum Gasteiger partial charge on any atom is 0.242 e. The van der Waals surface area contributed by atoms with Crippen LogP contribution in [0.1, 0.15) is 45.4 Å². The molecule has 3 rings (SSSR count). The van der Waals surface area contributed by atoms with E-state index in [4.69, 9.17) is 10.5 Å². The fourth-order valence-corrected chi connectivity index (χ4v) is 3.58. The molecular weight excluding hydrogens is 252 g/mol. The van der Waals surface area contributed by atoms with Crippen molar-refractivity contribution in [2.45, 2.75) is 51.5 Å². The molecule has 5 nitrogen and oxygen atoms in total. The molecule has 5 heteroatoms. The summed E-state index contributed by atoms with van der Waals surface area (Å²) in [4.78, 5) is 11.0. The minimum atomic E-state index is 0.538. The lowest BCUT2D eigenvalue weighted by Crippen LogP contribution is -2.35. The van der Waals surface area contributed by atoms with Gasteiger partial charge in [-0.05, 0) is 31.6 Å². The Morgan fingerprint density at radius 1 is 1.30 bits per heavy atom. The Morgan fingerprint density at radius 2 is 2.15 bits per heavy atom. The molecule has 1 saturated carbocycles. The van der Waals surface area contributed by atoms with Crippen molar-refractivity contribution >= 4 is 11.5 Å². The fourth-order valence-electron chi connectivity index (χ4n) is 3.58. The average molecular weight is 276 g/mol. The van der Waals surface area contributed by atoms with Crippen LogP contribution in [0.4, 0.5) is 11.5 Å². The largest absolute Gasteiger partial charge is 0.476 e. The highest BCUT2D eigenvalue weighted by Gasteiger charge is 2.37. The molecule has 110 valence electrons. The zero-order valence-electron chi connectivity index (χ0n) is 12.2. The van der Waals surface area contributed by atoms with E-state index >= 15 is 0 Å². The molecule has 2 heterocycles. The Hall–Kier alpha value is -1.52. The Morgan fingerprint density at radius 3 is 3.00 bits per heavy atom. The van der Waals surface area contributed by atoms with E-state index < -0.39 is 0 Å². The van der Waals surface area contributed by atoms with Crippen molar-refractivity contribution in [2.75, 3.05) is 23.8 Å². The van der Waals surface area contributed by atoms with Crippen LogP contribution in [0.15, 0.2) is 6.33 Å². The average Bonchev–Trinajstić information content (AvgIpc) is 2.90. The van der Waals surface area contributed by atoms with Gasteiger partial charge in [-0.2, -0.15) is 4.98 Å². The van der Waals surface area contributed by atoms with Gasteiger partial charge in [0, 0.05) is 12.6 Å². The minimum Gasteiger partial charge on any atom is -0.476 e. The molecule has 1 saturated heterocycles. The van der Waals surface area contributed by atoms with Crippen molar-refractivity contribution in [3.05, 3.63) is 6.33 Å². The SMILES string of the molecule is CCCOc1ncnc(N2CCC3CCCCC32)c1N. The molecule has 2 fully saturated rings. The van der Waals surface area contributed by atoms with Crippen LogP contribution in [-0.4, -0.2) is 29.2 Å². The Labute approximate surface area is 120 Å². The summed E-state index contributed by atoms with van der Waals surface area (Å²) in [5.74, 6) is 2.23. The first-order chi connectivity index (χ1) is 9.81. The lowest BCUT2D eigenvalue weighted by atomic mass is 9.85. The van der Waals surface area contributed by atoms with Gasteiger partial charge >= 0.3 is 0 Å². The smallest absolute Gasteiger partial charge is 0.242 e. The number of nitrogens with two attached hydrogens (primary N) is 1. The van der Waals surface area contributed by atoms with Gasteiger partial charge in [-0.25, -0.2) is 4.98 Å². The molecule has 2 atom stereocenters. The van der Waals surface area contributed by atoms with E-state index in [1.54, 1.807) is 6.33 Å². The predicted molar refractivity (Wildman–Crippen MR) is 79.9 cm³/mol. The van der Waals surface area contributed by atoms with Crippen LogP contribution >= 0.6 is 0 Å². The molecule has 0 bridgehead atoms. The second kappa shape index (κ2) is 5.85. The van der Waals surface area contributed by atoms with E-state index in [0.29, 0.717) is 24.2 Å². The molecule has 0 radical (unpaired) electrons. The summed E-state index contributed by atoms with van der Waals surface area (Å²) in [7, 11) is 0. The predicted octanol–water partition coefficient (Wildman–Crippen LogP) is 2.62. The third-order valence-electron chi connectivity index (χ3n) is 4.55. The van der Waals surface area contributed by atoms with Gasteiger partial charge in [-0.1, -0.05) is 19.8 Å². The van der Waals surface area contributed by atoms with Gasteiger partial charge in [0.15, 0.2) is 5.82 Å². The molecule has 2 aliphatic rings. The summed E-state index contributed by atoms with van der Waals surface area (Å²) in [6, 6.07) is 0.611. The van der Waals surface area contributed by atoms with Crippen LogP contribution in [0.25, 0.3) is 0 Å². The highest BCUT2D eigenvalue weighted by atomic mass is 16.5. The highest BCUT2D eigenvalue weighted by Crippen LogP contribution is 2.40. The van der Waals surface area contributed by atoms with Gasteiger partial charge < -0.3 is 15.4 Å². The van der Waals surface area contributed by atoms with Crippen LogP contribution in [0.2, 0.25) is 0 Å². The summed E-state index contributed by atoms with van der Waals surface area (Å²) in [5.41, 5.74) is 6.84. The van der Waals surface area contributed by atoms with Crippen LogP contribution in [0, 0.1) is 5.92 Å². The van der Waals surface area contributed by atoms with E-state index in [-0.39, 0.29) is 0 Å². The molecule has 0 amide bonds. The number of rotatable bonds is 4. The first kappa shape index (κ1) is 13.5. The maximum absolute atomic E-state index is 6.23. The summed E-state index contributed by atoms with van der Waals surface area (Å²) < 4.78 is 5.62. The van der Waals surface area contributed by atoms with E-state index in [0.717, 1.165) is 24.7 Å². The number of hydrogen-bond donors (Lipinski definition) is 1. The van der Waals surface area contributed by atoms with Gasteiger partial charge in [-0.3, -0.25) is 0 Å². The fraction of sp³-hybridized carbons (Fsp3) is 0.733. The summed E-state index contributed by atoms with van der Waals surface area (Å²) in [6.45, 7) is 3.78. The van der Waals surface area contributed by atoms with Gasteiger partial charge in [0.05, 0.1) is 6.61 Å². The number of anilines is 2. The highest BCUT2D eigenvalue weighted by molar-refractivity contribution is 5.68. The van der Waals surface area contributed by atoms with E-state index in [2.05, 4.69) is 21.8 Å². The lowest BCUT2D eigenvalue weighted by molar-refractivity contribution is 0.306. The van der Waals surface area contributed by atoms with Crippen molar-refractivity contribution in [1.82, 2.24) is 9.97 Å². The quantitative estimate of drug-likeness (QED) is 0.915. The molecular formula is C15H24N4O. The Kier molecular flexibility index (Phi) is 3.94. The van der Waals surface area contributed by atoms with Crippen molar-refractivity contribution < 1.29 is 4.74 Å². The summed E-state index contributed by atoms with van der Waals surface area (Å²) in [5, 5.41) is 0. The summed E-state index contributed by atoms with van der Waals surface area (Å²) >= 11 is 0.